The van der Waals surface area contributed by atoms with E-state index in [1.807, 2.05) is 17.6 Å². The minimum atomic E-state index is -1.68. The van der Waals surface area contributed by atoms with Crippen LogP contribution < -0.4 is 16.0 Å². The van der Waals surface area contributed by atoms with Gasteiger partial charge in [0.15, 0.2) is 17.5 Å². The normalized spacial score (nSPS) is 10.3. The van der Waals surface area contributed by atoms with E-state index < -0.39 is 41.6 Å². The molecule has 0 aliphatic rings. The Hall–Kier alpha value is -2.62. The Labute approximate surface area is 139 Å². The van der Waals surface area contributed by atoms with E-state index in [1.54, 1.807) is 0 Å². The van der Waals surface area contributed by atoms with Gasteiger partial charge in [0.05, 0.1) is 18.8 Å². The standard InChI is InChI=1S/C14H13F3N4O2S/c1-7-6-24-11(20-7)5-19-14(23)18-4-10(22)21-9-3-2-8(15)12(16)13(9)17/h2-3,6H,4-5H2,1H3,(H,21,22)(H2,18,19,23). The molecule has 1 aromatic heterocycles. The maximum absolute atomic E-state index is 13.4. The number of hydrogen-bond donors (Lipinski definition) is 3. The van der Waals surface area contributed by atoms with E-state index in [-0.39, 0.29) is 6.54 Å². The van der Waals surface area contributed by atoms with Crippen molar-refractivity contribution in [3.8, 4) is 0 Å². The zero-order valence-corrected chi connectivity index (χ0v) is 13.3. The van der Waals surface area contributed by atoms with E-state index in [0.29, 0.717) is 11.1 Å². The Bertz CT molecular complexity index is 766. The smallest absolute Gasteiger partial charge is 0.315 e. The van der Waals surface area contributed by atoms with Crippen molar-refractivity contribution in [3.05, 3.63) is 45.7 Å². The Morgan fingerprint density at radius 1 is 1.17 bits per heavy atom. The van der Waals surface area contributed by atoms with Gasteiger partial charge in [-0.1, -0.05) is 0 Å². The second-order valence-corrected chi connectivity index (χ2v) is 5.63. The molecular weight excluding hydrogens is 345 g/mol. The van der Waals surface area contributed by atoms with E-state index in [4.69, 9.17) is 0 Å². The minimum Gasteiger partial charge on any atom is -0.332 e. The highest BCUT2D eigenvalue weighted by Gasteiger charge is 2.15. The predicted molar refractivity (Wildman–Crippen MR) is 82.0 cm³/mol. The van der Waals surface area contributed by atoms with Crippen LogP contribution in [0.4, 0.5) is 23.7 Å². The van der Waals surface area contributed by atoms with Gasteiger partial charge in [-0.15, -0.1) is 11.3 Å². The third kappa shape index (κ3) is 4.69. The van der Waals surface area contributed by atoms with Crippen LogP contribution in [0.3, 0.4) is 0 Å². The number of thiazole rings is 1. The van der Waals surface area contributed by atoms with Crippen molar-refractivity contribution in [1.82, 2.24) is 15.6 Å². The third-order valence-corrected chi connectivity index (χ3v) is 3.75. The number of nitrogens with one attached hydrogen (secondary N) is 3. The second-order valence-electron chi connectivity index (χ2n) is 4.69. The van der Waals surface area contributed by atoms with Crippen molar-refractivity contribution < 1.29 is 22.8 Å². The van der Waals surface area contributed by atoms with Crippen LogP contribution in [0.25, 0.3) is 0 Å². The van der Waals surface area contributed by atoms with Gasteiger partial charge in [-0.25, -0.2) is 22.9 Å². The first-order chi connectivity index (χ1) is 11.4. The van der Waals surface area contributed by atoms with Gasteiger partial charge in [0.2, 0.25) is 5.91 Å². The number of amides is 3. The van der Waals surface area contributed by atoms with Gasteiger partial charge in [0.1, 0.15) is 5.01 Å². The molecule has 6 nitrogen and oxygen atoms in total. The molecule has 0 atom stereocenters. The molecular formula is C14H13F3N4O2S. The number of anilines is 1. The average Bonchev–Trinajstić information content (AvgIpc) is 2.97. The molecule has 0 saturated heterocycles. The van der Waals surface area contributed by atoms with Crippen molar-refractivity contribution >= 4 is 29.0 Å². The molecule has 0 spiro atoms. The Kier molecular flexibility index (Phi) is 5.74. The summed E-state index contributed by atoms with van der Waals surface area (Å²) in [4.78, 5) is 27.3. The molecule has 1 aromatic carbocycles. The fraction of sp³-hybridized carbons (Fsp3) is 0.214. The van der Waals surface area contributed by atoms with Crippen LogP contribution in [0.1, 0.15) is 10.7 Å². The van der Waals surface area contributed by atoms with Gasteiger partial charge in [0.25, 0.3) is 0 Å². The van der Waals surface area contributed by atoms with Crippen LogP contribution in [0.5, 0.6) is 0 Å². The molecule has 10 heteroatoms. The Morgan fingerprint density at radius 3 is 2.58 bits per heavy atom. The lowest BCUT2D eigenvalue weighted by Crippen LogP contribution is -2.39. The molecule has 24 heavy (non-hydrogen) atoms. The van der Waals surface area contributed by atoms with E-state index in [1.165, 1.54) is 11.3 Å². The summed E-state index contributed by atoms with van der Waals surface area (Å²) >= 11 is 1.38. The summed E-state index contributed by atoms with van der Waals surface area (Å²) in [6.07, 6.45) is 0. The summed E-state index contributed by atoms with van der Waals surface area (Å²) in [6.45, 7) is 1.55. The number of urea groups is 1. The number of aromatic nitrogens is 1. The molecule has 2 rings (SSSR count). The van der Waals surface area contributed by atoms with Crippen LogP contribution in [-0.2, 0) is 11.3 Å². The fourth-order valence-electron chi connectivity index (χ4n) is 1.68. The molecule has 0 aliphatic heterocycles. The third-order valence-electron chi connectivity index (χ3n) is 2.79. The lowest BCUT2D eigenvalue weighted by Gasteiger charge is -2.09. The molecule has 2 aromatic rings. The number of hydrogen-bond acceptors (Lipinski definition) is 4. The van der Waals surface area contributed by atoms with Crippen molar-refractivity contribution in [2.75, 3.05) is 11.9 Å². The second kappa shape index (κ2) is 7.77. The van der Waals surface area contributed by atoms with Gasteiger partial charge < -0.3 is 16.0 Å². The van der Waals surface area contributed by atoms with Crippen LogP contribution in [0, 0.1) is 24.4 Å². The topological polar surface area (TPSA) is 83.1 Å². The van der Waals surface area contributed by atoms with Crippen molar-refractivity contribution in [3.63, 3.8) is 0 Å². The number of aryl methyl sites for hydroxylation is 1. The SMILES string of the molecule is Cc1csc(CNC(=O)NCC(=O)Nc2ccc(F)c(F)c2F)n1. The summed E-state index contributed by atoms with van der Waals surface area (Å²) in [6, 6.07) is 0.949. The van der Waals surface area contributed by atoms with E-state index in [2.05, 4.69) is 15.6 Å². The van der Waals surface area contributed by atoms with Crippen molar-refractivity contribution in [2.24, 2.45) is 0 Å². The number of benzene rings is 1. The Balaban J connectivity index is 1.78. The van der Waals surface area contributed by atoms with Crippen LogP contribution in [0.15, 0.2) is 17.5 Å². The van der Waals surface area contributed by atoms with E-state index >= 15 is 0 Å². The van der Waals surface area contributed by atoms with E-state index in [9.17, 15) is 22.8 Å². The molecule has 3 N–H and O–H groups in total. The summed E-state index contributed by atoms with van der Waals surface area (Å²) in [5, 5.41) is 9.32. The lowest BCUT2D eigenvalue weighted by atomic mass is 10.2. The van der Waals surface area contributed by atoms with Crippen molar-refractivity contribution in [1.29, 1.82) is 0 Å². The van der Waals surface area contributed by atoms with Crippen LogP contribution in [0.2, 0.25) is 0 Å². The number of halogens is 3. The van der Waals surface area contributed by atoms with Crippen molar-refractivity contribution in [2.45, 2.75) is 13.5 Å². The lowest BCUT2D eigenvalue weighted by molar-refractivity contribution is -0.115. The molecule has 0 unspecified atom stereocenters. The zero-order chi connectivity index (χ0) is 17.7. The average molecular weight is 358 g/mol. The number of nitrogens with zero attached hydrogens (tertiary/aromatic N) is 1. The zero-order valence-electron chi connectivity index (χ0n) is 12.5. The maximum Gasteiger partial charge on any atom is 0.315 e. The van der Waals surface area contributed by atoms with Gasteiger partial charge >= 0.3 is 6.03 Å². The highest BCUT2D eigenvalue weighted by atomic mass is 32.1. The predicted octanol–water partition coefficient (Wildman–Crippen LogP) is 2.31. The summed E-state index contributed by atoms with van der Waals surface area (Å²) in [5.41, 5.74) is 0.324. The molecule has 0 saturated carbocycles. The first-order valence-corrected chi connectivity index (χ1v) is 7.61. The Morgan fingerprint density at radius 2 is 1.92 bits per heavy atom. The van der Waals surface area contributed by atoms with Crippen LogP contribution >= 0.6 is 11.3 Å². The molecule has 1 heterocycles. The monoisotopic (exact) mass is 358 g/mol. The molecule has 0 bridgehead atoms. The highest BCUT2D eigenvalue weighted by molar-refractivity contribution is 7.09. The van der Waals surface area contributed by atoms with Crippen LogP contribution in [-0.4, -0.2) is 23.5 Å². The van der Waals surface area contributed by atoms with Gasteiger partial charge in [0, 0.05) is 11.1 Å². The molecule has 128 valence electrons. The minimum absolute atomic E-state index is 0.198. The summed E-state index contributed by atoms with van der Waals surface area (Å²) in [5.74, 6) is -5.34. The number of carbonyl (C=O) groups excluding carboxylic acids is 2. The van der Waals surface area contributed by atoms with Gasteiger partial charge in [-0.2, -0.15) is 0 Å². The number of rotatable bonds is 5. The fourth-order valence-corrected chi connectivity index (χ4v) is 2.39. The van der Waals surface area contributed by atoms with E-state index in [0.717, 1.165) is 11.8 Å². The first kappa shape index (κ1) is 17.7. The summed E-state index contributed by atoms with van der Waals surface area (Å²) in [7, 11) is 0. The molecule has 3 amide bonds. The number of carbonyl (C=O) groups is 2. The first-order valence-electron chi connectivity index (χ1n) is 6.73. The largest absolute Gasteiger partial charge is 0.332 e. The maximum atomic E-state index is 13.4. The molecule has 0 radical (unpaired) electrons. The molecule has 0 aliphatic carbocycles. The quantitative estimate of drug-likeness (QED) is 0.717. The highest BCUT2D eigenvalue weighted by Crippen LogP contribution is 2.19. The summed E-state index contributed by atoms with van der Waals surface area (Å²) < 4.78 is 39.2. The van der Waals surface area contributed by atoms with Gasteiger partial charge in [-0.3, -0.25) is 4.79 Å². The molecule has 0 fully saturated rings. The van der Waals surface area contributed by atoms with Gasteiger partial charge in [-0.05, 0) is 19.1 Å².